The van der Waals surface area contributed by atoms with Gasteiger partial charge < -0.3 is 15.4 Å². The van der Waals surface area contributed by atoms with E-state index in [1.165, 1.54) is 0 Å². The Bertz CT molecular complexity index is 937. The Morgan fingerprint density at radius 1 is 1.03 bits per heavy atom. The molecule has 0 unspecified atom stereocenters. The fourth-order valence-electron chi connectivity index (χ4n) is 2.84. The highest BCUT2D eigenvalue weighted by molar-refractivity contribution is 5.98. The van der Waals surface area contributed by atoms with Gasteiger partial charge in [-0.3, -0.25) is 9.59 Å². The standard InChI is InChI=1S/C22H24N4O3/c1-2-29-20-7-4-3-6-19(20)22(28)24-16-21(27)23-14-12-17-8-10-18(11-9-17)26-15-5-13-25-26/h3-11,13,15H,2,12,14,16H2,1H3,(H,23,27)(H,24,28). The first kappa shape index (κ1) is 20.1. The lowest BCUT2D eigenvalue weighted by Crippen LogP contribution is -2.37. The normalized spacial score (nSPS) is 10.4. The van der Waals surface area contributed by atoms with Gasteiger partial charge >= 0.3 is 0 Å². The van der Waals surface area contributed by atoms with Gasteiger partial charge in [-0.15, -0.1) is 0 Å². The first-order chi connectivity index (χ1) is 14.2. The lowest BCUT2D eigenvalue weighted by Gasteiger charge is -2.11. The van der Waals surface area contributed by atoms with Crippen molar-refractivity contribution in [3.63, 3.8) is 0 Å². The zero-order valence-electron chi connectivity index (χ0n) is 16.3. The summed E-state index contributed by atoms with van der Waals surface area (Å²) >= 11 is 0. The average molecular weight is 392 g/mol. The van der Waals surface area contributed by atoms with E-state index in [0.717, 1.165) is 11.3 Å². The van der Waals surface area contributed by atoms with Gasteiger partial charge in [0.15, 0.2) is 0 Å². The number of nitrogens with zero attached hydrogens (tertiary/aromatic N) is 2. The van der Waals surface area contributed by atoms with Crippen LogP contribution in [-0.4, -0.2) is 41.3 Å². The fourth-order valence-corrected chi connectivity index (χ4v) is 2.84. The van der Waals surface area contributed by atoms with Crippen molar-refractivity contribution in [3.8, 4) is 11.4 Å². The molecule has 2 amide bonds. The van der Waals surface area contributed by atoms with Gasteiger partial charge in [-0.2, -0.15) is 5.10 Å². The summed E-state index contributed by atoms with van der Waals surface area (Å²) in [5, 5.41) is 9.64. The number of aromatic nitrogens is 2. The minimum atomic E-state index is -0.335. The van der Waals surface area contributed by atoms with Crippen molar-refractivity contribution in [1.82, 2.24) is 20.4 Å². The molecule has 2 N–H and O–H groups in total. The molecule has 0 bridgehead atoms. The molecule has 29 heavy (non-hydrogen) atoms. The first-order valence-corrected chi connectivity index (χ1v) is 9.53. The lowest BCUT2D eigenvalue weighted by atomic mass is 10.1. The van der Waals surface area contributed by atoms with Crippen LogP contribution in [0.2, 0.25) is 0 Å². The van der Waals surface area contributed by atoms with Gasteiger partial charge in [0, 0.05) is 18.9 Å². The monoisotopic (exact) mass is 392 g/mol. The van der Waals surface area contributed by atoms with Crippen molar-refractivity contribution < 1.29 is 14.3 Å². The summed E-state index contributed by atoms with van der Waals surface area (Å²) < 4.78 is 7.23. The van der Waals surface area contributed by atoms with Gasteiger partial charge in [-0.1, -0.05) is 24.3 Å². The molecule has 3 aromatic rings. The number of hydrogen-bond acceptors (Lipinski definition) is 4. The summed E-state index contributed by atoms with van der Waals surface area (Å²) in [5.41, 5.74) is 2.51. The van der Waals surface area contributed by atoms with E-state index in [9.17, 15) is 9.59 Å². The number of hydrogen-bond donors (Lipinski definition) is 2. The van der Waals surface area contributed by atoms with Crippen LogP contribution in [0, 0.1) is 0 Å². The van der Waals surface area contributed by atoms with Crippen LogP contribution in [0.3, 0.4) is 0 Å². The van der Waals surface area contributed by atoms with Crippen LogP contribution in [-0.2, 0) is 11.2 Å². The second kappa shape index (κ2) is 10.1. The molecule has 0 aliphatic heterocycles. The van der Waals surface area contributed by atoms with Crippen LogP contribution in [0.1, 0.15) is 22.8 Å². The predicted octanol–water partition coefficient (Wildman–Crippen LogP) is 2.36. The summed E-state index contributed by atoms with van der Waals surface area (Å²) in [4.78, 5) is 24.3. The molecule has 1 heterocycles. The minimum Gasteiger partial charge on any atom is -0.493 e. The predicted molar refractivity (Wildman–Crippen MR) is 110 cm³/mol. The molecule has 7 heteroatoms. The number of rotatable bonds is 9. The molecule has 1 aromatic heterocycles. The van der Waals surface area contributed by atoms with E-state index in [4.69, 9.17) is 4.74 Å². The van der Waals surface area contributed by atoms with Crippen LogP contribution < -0.4 is 15.4 Å². The molecule has 7 nitrogen and oxygen atoms in total. The Morgan fingerprint density at radius 2 is 1.83 bits per heavy atom. The molecule has 3 rings (SSSR count). The third-order valence-electron chi connectivity index (χ3n) is 4.28. The van der Waals surface area contributed by atoms with Crippen LogP contribution in [0.25, 0.3) is 5.69 Å². The molecule has 0 radical (unpaired) electrons. The van der Waals surface area contributed by atoms with Crippen molar-refractivity contribution in [1.29, 1.82) is 0 Å². The molecule has 0 saturated carbocycles. The molecule has 0 fully saturated rings. The molecular weight excluding hydrogens is 368 g/mol. The van der Waals surface area contributed by atoms with E-state index in [2.05, 4.69) is 15.7 Å². The molecular formula is C22H24N4O3. The molecule has 0 atom stereocenters. The molecule has 0 aliphatic rings. The third kappa shape index (κ3) is 5.68. The van der Waals surface area contributed by atoms with Gasteiger partial charge in [0.05, 0.1) is 24.4 Å². The van der Waals surface area contributed by atoms with Crippen LogP contribution in [0.4, 0.5) is 0 Å². The number of nitrogens with one attached hydrogen (secondary N) is 2. The molecule has 0 aliphatic carbocycles. The summed E-state index contributed by atoms with van der Waals surface area (Å²) in [7, 11) is 0. The van der Waals surface area contributed by atoms with Crippen molar-refractivity contribution in [2.75, 3.05) is 19.7 Å². The summed E-state index contributed by atoms with van der Waals surface area (Å²) in [6.45, 7) is 2.73. The average Bonchev–Trinajstić information content (AvgIpc) is 3.28. The highest BCUT2D eigenvalue weighted by atomic mass is 16.5. The second-order valence-electron chi connectivity index (χ2n) is 6.33. The van der Waals surface area contributed by atoms with E-state index in [0.29, 0.717) is 30.9 Å². The van der Waals surface area contributed by atoms with Gasteiger partial charge in [-0.05, 0) is 49.2 Å². The topological polar surface area (TPSA) is 85.2 Å². The summed E-state index contributed by atoms with van der Waals surface area (Å²) in [6, 6.07) is 16.8. The van der Waals surface area contributed by atoms with E-state index < -0.39 is 0 Å². The highest BCUT2D eigenvalue weighted by Crippen LogP contribution is 2.17. The maximum atomic E-state index is 12.3. The summed E-state index contributed by atoms with van der Waals surface area (Å²) in [6.07, 6.45) is 4.32. The molecule has 2 aromatic carbocycles. The number of ether oxygens (including phenoxy) is 1. The van der Waals surface area contributed by atoms with Crippen molar-refractivity contribution in [3.05, 3.63) is 78.1 Å². The number of amides is 2. The number of carbonyl (C=O) groups excluding carboxylic acids is 2. The van der Waals surface area contributed by atoms with Crippen molar-refractivity contribution in [2.24, 2.45) is 0 Å². The zero-order valence-corrected chi connectivity index (χ0v) is 16.3. The Morgan fingerprint density at radius 3 is 2.55 bits per heavy atom. The van der Waals surface area contributed by atoms with Crippen molar-refractivity contribution in [2.45, 2.75) is 13.3 Å². The molecule has 150 valence electrons. The van der Waals surface area contributed by atoms with Crippen LogP contribution in [0.5, 0.6) is 5.75 Å². The van der Waals surface area contributed by atoms with E-state index in [1.54, 1.807) is 35.1 Å². The first-order valence-electron chi connectivity index (χ1n) is 9.53. The third-order valence-corrected chi connectivity index (χ3v) is 4.28. The van der Waals surface area contributed by atoms with E-state index >= 15 is 0 Å². The Hall–Kier alpha value is -3.61. The maximum Gasteiger partial charge on any atom is 0.255 e. The zero-order chi connectivity index (χ0) is 20.5. The maximum absolute atomic E-state index is 12.3. The SMILES string of the molecule is CCOc1ccccc1C(=O)NCC(=O)NCCc1ccc(-n2cccn2)cc1. The Labute approximate surface area is 169 Å². The molecule has 0 saturated heterocycles. The van der Waals surface area contributed by atoms with Gasteiger partial charge in [-0.25, -0.2) is 4.68 Å². The van der Waals surface area contributed by atoms with Crippen LogP contribution in [0.15, 0.2) is 67.0 Å². The lowest BCUT2D eigenvalue weighted by molar-refractivity contribution is -0.120. The minimum absolute atomic E-state index is 0.0858. The Balaban J connectivity index is 1.42. The fraction of sp³-hybridized carbons (Fsp3) is 0.227. The number of para-hydroxylation sites is 1. The van der Waals surface area contributed by atoms with E-state index in [1.807, 2.05) is 43.5 Å². The van der Waals surface area contributed by atoms with E-state index in [-0.39, 0.29) is 18.4 Å². The largest absolute Gasteiger partial charge is 0.493 e. The number of benzene rings is 2. The van der Waals surface area contributed by atoms with Crippen LogP contribution >= 0.6 is 0 Å². The van der Waals surface area contributed by atoms with Gasteiger partial charge in [0.1, 0.15) is 5.75 Å². The Kier molecular flexibility index (Phi) is 7.00. The van der Waals surface area contributed by atoms with Gasteiger partial charge in [0.25, 0.3) is 5.91 Å². The summed E-state index contributed by atoms with van der Waals surface area (Å²) in [5.74, 6) is -0.0646. The highest BCUT2D eigenvalue weighted by Gasteiger charge is 2.12. The van der Waals surface area contributed by atoms with Crippen molar-refractivity contribution >= 4 is 11.8 Å². The van der Waals surface area contributed by atoms with Gasteiger partial charge in [0.2, 0.25) is 5.91 Å². The number of carbonyl (C=O) groups is 2. The molecule has 0 spiro atoms. The smallest absolute Gasteiger partial charge is 0.255 e. The second-order valence-corrected chi connectivity index (χ2v) is 6.33. The quantitative estimate of drug-likeness (QED) is 0.585.